The number of piperidine rings is 1. The van der Waals surface area contributed by atoms with Gasteiger partial charge in [0.15, 0.2) is 5.82 Å². The topological polar surface area (TPSA) is 186 Å². The molecular formula is C35H47N9O7. The van der Waals surface area contributed by atoms with E-state index >= 15 is 0 Å². The fourth-order valence-electron chi connectivity index (χ4n) is 5.75. The minimum absolute atomic E-state index is 0.0237. The van der Waals surface area contributed by atoms with Crippen molar-refractivity contribution in [3.63, 3.8) is 0 Å². The number of nitrogens with zero attached hydrogens (tertiary/aromatic N) is 7. The molecule has 274 valence electrons. The number of amides is 3. The standard InChI is InChI=1S/C32H41N9O4.C3H6O3/c1-38(2)27-11-13-39(14-12-27)29(42)24-5-9-26(10-6-24)34-32(43)33-25-7-3-23(4-8-25)28-35-30(40-15-19-44-20-16-40)37-31(36-28)41-17-21-45-22-18-41;1-2(4)3(5)6/h3-10,27H,11-22H2,1-2H3,(H2,33,34,43);2,4H,1H3,(H,5,6). The van der Waals surface area contributed by atoms with Gasteiger partial charge in [-0.2, -0.15) is 15.0 Å². The number of likely N-dealkylation sites (tertiary alicyclic amines) is 1. The third-order valence-corrected chi connectivity index (χ3v) is 8.83. The van der Waals surface area contributed by atoms with E-state index in [1.54, 1.807) is 24.3 Å². The largest absolute Gasteiger partial charge is 0.479 e. The maximum absolute atomic E-state index is 13.0. The molecule has 0 spiro atoms. The Hall–Kier alpha value is -4.90. The highest BCUT2D eigenvalue weighted by Gasteiger charge is 2.25. The zero-order valence-corrected chi connectivity index (χ0v) is 29.3. The van der Waals surface area contributed by atoms with Gasteiger partial charge in [0.2, 0.25) is 11.9 Å². The number of carboxylic acid groups (broad SMARTS) is 1. The van der Waals surface area contributed by atoms with E-state index in [1.807, 2.05) is 29.2 Å². The Morgan fingerprint density at radius 1 is 0.765 bits per heavy atom. The number of nitrogens with one attached hydrogen (secondary N) is 2. The number of carbonyl (C=O) groups excluding carboxylic acids is 2. The summed E-state index contributed by atoms with van der Waals surface area (Å²) in [5, 5.41) is 21.5. The molecule has 1 atom stereocenters. The number of carboxylic acids is 1. The number of aliphatic carboxylic acids is 1. The van der Waals surface area contributed by atoms with E-state index in [2.05, 4.69) is 39.4 Å². The van der Waals surface area contributed by atoms with Gasteiger partial charge >= 0.3 is 12.0 Å². The summed E-state index contributed by atoms with van der Waals surface area (Å²) in [6.45, 7) is 8.12. The second-order valence-corrected chi connectivity index (χ2v) is 12.7. The van der Waals surface area contributed by atoms with Gasteiger partial charge in [-0.1, -0.05) is 0 Å². The second kappa shape index (κ2) is 17.8. The molecule has 4 N–H and O–H groups in total. The van der Waals surface area contributed by atoms with Gasteiger partial charge in [0, 0.05) is 67.8 Å². The zero-order chi connectivity index (χ0) is 36.3. The van der Waals surface area contributed by atoms with Crippen LogP contribution in [0.25, 0.3) is 11.4 Å². The number of carbonyl (C=O) groups is 3. The molecule has 0 aliphatic carbocycles. The maximum Gasteiger partial charge on any atom is 0.332 e. The van der Waals surface area contributed by atoms with Crippen molar-refractivity contribution in [1.29, 1.82) is 0 Å². The monoisotopic (exact) mass is 705 g/mol. The smallest absolute Gasteiger partial charge is 0.332 e. The normalized spacial score (nSPS) is 17.3. The minimum atomic E-state index is -1.23. The Balaban J connectivity index is 0.000000774. The number of hydrogen-bond donors (Lipinski definition) is 4. The Bertz CT molecular complexity index is 1570. The molecule has 4 heterocycles. The first-order valence-corrected chi connectivity index (χ1v) is 17.1. The summed E-state index contributed by atoms with van der Waals surface area (Å²) in [6, 6.07) is 14.6. The van der Waals surface area contributed by atoms with Gasteiger partial charge in [0.05, 0.1) is 26.4 Å². The number of anilines is 4. The van der Waals surface area contributed by atoms with E-state index in [4.69, 9.17) is 34.6 Å². The van der Waals surface area contributed by atoms with Gasteiger partial charge in [-0.05, 0) is 82.4 Å². The molecule has 16 heteroatoms. The van der Waals surface area contributed by atoms with Crippen LogP contribution in [0.2, 0.25) is 0 Å². The maximum atomic E-state index is 13.0. The number of hydrogen-bond acceptors (Lipinski definition) is 12. The third-order valence-electron chi connectivity index (χ3n) is 8.83. The fraction of sp³-hybridized carbons (Fsp3) is 0.486. The lowest BCUT2D eigenvalue weighted by Crippen LogP contribution is -2.44. The summed E-state index contributed by atoms with van der Waals surface area (Å²) in [6.07, 6.45) is 0.713. The summed E-state index contributed by atoms with van der Waals surface area (Å²) in [4.78, 5) is 57.9. The van der Waals surface area contributed by atoms with E-state index < -0.39 is 12.1 Å². The molecular weight excluding hydrogens is 658 g/mol. The highest BCUT2D eigenvalue weighted by atomic mass is 16.5. The van der Waals surface area contributed by atoms with Crippen LogP contribution < -0.4 is 20.4 Å². The summed E-state index contributed by atoms with van der Waals surface area (Å²) in [5.74, 6) is 0.673. The van der Waals surface area contributed by atoms with Crippen molar-refractivity contribution in [2.75, 3.05) is 100 Å². The van der Waals surface area contributed by atoms with E-state index in [-0.39, 0.29) is 11.9 Å². The second-order valence-electron chi connectivity index (χ2n) is 12.7. The molecule has 3 fully saturated rings. The van der Waals surface area contributed by atoms with Crippen molar-refractivity contribution in [3.05, 3.63) is 54.1 Å². The quantitative estimate of drug-likeness (QED) is 0.268. The van der Waals surface area contributed by atoms with Crippen LogP contribution in [0.1, 0.15) is 30.1 Å². The van der Waals surface area contributed by atoms with Crippen LogP contribution in [-0.2, 0) is 14.3 Å². The highest BCUT2D eigenvalue weighted by Crippen LogP contribution is 2.24. The molecule has 0 bridgehead atoms. The molecule has 1 aromatic heterocycles. The summed E-state index contributed by atoms with van der Waals surface area (Å²) >= 11 is 0. The van der Waals surface area contributed by atoms with Crippen LogP contribution in [0.5, 0.6) is 0 Å². The lowest BCUT2D eigenvalue weighted by molar-refractivity contribution is -0.145. The van der Waals surface area contributed by atoms with Crippen LogP contribution in [-0.4, -0.2) is 145 Å². The minimum Gasteiger partial charge on any atom is -0.479 e. The number of aliphatic hydroxyl groups excluding tert-OH is 1. The van der Waals surface area contributed by atoms with Gasteiger partial charge in [-0.3, -0.25) is 4.79 Å². The predicted octanol–water partition coefficient (Wildman–Crippen LogP) is 2.47. The van der Waals surface area contributed by atoms with Crippen LogP contribution in [0.3, 0.4) is 0 Å². The van der Waals surface area contributed by atoms with Gasteiger partial charge in [0.1, 0.15) is 6.10 Å². The SMILES string of the molecule is CC(O)C(=O)O.CN(C)C1CCN(C(=O)c2ccc(NC(=O)Nc3ccc(-c4nc(N5CCOCC5)nc(N5CCOCC5)n4)cc3)cc2)CC1. The number of aliphatic hydroxyl groups is 1. The summed E-state index contributed by atoms with van der Waals surface area (Å²) < 4.78 is 11.0. The van der Waals surface area contributed by atoms with E-state index in [0.29, 0.717) is 67.1 Å². The molecule has 3 saturated heterocycles. The van der Waals surface area contributed by atoms with Crippen molar-refractivity contribution in [2.45, 2.75) is 31.9 Å². The zero-order valence-electron chi connectivity index (χ0n) is 29.3. The van der Waals surface area contributed by atoms with E-state index in [1.165, 1.54) is 6.92 Å². The Morgan fingerprint density at radius 2 is 1.22 bits per heavy atom. The number of aromatic nitrogens is 3. The molecule has 3 aliphatic heterocycles. The summed E-state index contributed by atoms with van der Waals surface area (Å²) in [5.41, 5.74) is 2.66. The van der Waals surface area contributed by atoms with Crippen molar-refractivity contribution in [1.82, 2.24) is 24.8 Å². The van der Waals surface area contributed by atoms with Crippen molar-refractivity contribution in [3.8, 4) is 11.4 Å². The highest BCUT2D eigenvalue weighted by molar-refractivity contribution is 6.00. The van der Waals surface area contributed by atoms with E-state index in [9.17, 15) is 14.4 Å². The van der Waals surface area contributed by atoms with Crippen molar-refractivity contribution in [2.24, 2.45) is 0 Å². The van der Waals surface area contributed by atoms with Gasteiger partial charge in [0.25, 0.3) is 5.91 Å². The number of benzene rings is 2. The van der Waals surface area contributed by atoms with Crippen LogP contribution in [0, 0.1) is 0 Å². The first-order chi connectivity index (χ1) is 24.6. The molecule has 1 unspecified atom stereocenters. The first-order valence-electron chi connectivity index (χ1n) is 17.1. The number of morpholine rings is 2. The fourth-order valence-corrected chi connectivity index (χ4v) is 5.75. The third kappa shape index (κ3) is 10.6. The van der Waals surface area contributed by atoms with Crippen LogP contribution in [0.4, 0.5) is 28.1 Å². The Labute approximate surface area is 297 Å². The molecule has 16 nitrogen and oxygen atoms in total. The molecule has 6 rings (SSSR count). The van der Waals surface area contributed by atoms with Gasteiger partial charge in [-0.15, -0.1) is 0 Å². The average molecular weight is 706 g/mol. The summed E-state index contributed by atoms with van der Waals surface area (Å²) in [7, 11) is 4.17. The van der Waals surface area contributed by atoms with Crippen molar-refractivity contribution >= 4 is 41.2 Å². The van der Waals surface area contributed by atoms with Crippen LogP contribution >= 0.6 is 0 Å². The number of rotatable bonds is 8. The van der Waals surface area contributed by atoms with Crippen LogP contribution in [0.15, 0.2) is 48.5 Å². The average Bonchev–Trinajstić information content (AvgIpc) is 3.16. The Kier molecular flexibility index (Phi) is 13.1. The lowest BCUT2D eigenvalue weighted by Gasteiger charge is -2.35. The molecule has 3 aliphatic rings. The van der Waals surface area contributed by atoms with E-state index in [0.717, 1.165) is 57.7 Å². The molecule has 0 saturated carbocycles. The molecule has 3 aromatic rings. The number of urea groups is 1. The molecule has 2 aromatic carbocycles. The predicted molar refractivity (Wildman–Crippen MR) is 192 cm³/mol. The lowest BCUT2D eigenvalue weighted by atomic mass is 10.0. The Morgan fingerprint density at radius 3 is 1.65 bits per heavy atom. The molecule has 0 radical (unpaired) electrons. The molecule has 3 amide bonds. The first kappa shape index (κ1) is 37.4. The molecule has 51 heavy (non-hydrogen) atoms. The van der Waals surface area contributed by atoms with Gasteiger partial charge in [-0.25, -0.2) is 9.59 Å². The van der Waals surface area contributed by atoms with Gasteiger partial charge < -0.3 is 49.9 Å². The van der Waals surface area contributed by atoms with Crippen molar-refractivity contribution < 1.29 is 34.1 Å². The number of ether oxygens (including phenoxy) is 2.